The van der Waals surface area contributed by atoms with E-state index in [4.69, 9.17) is 6.11 Å². The molecule has 0 heterocycles. The maximum Gasteiger partial charge on any atom is 0.311 e. The number of fused-ring (bicyclic) bond motifs is 5. The zero-order valence-electron chi connectivity index (χ0n) is 25.1. The molecule has 0 spiro atoms. The molecule has 4 saturated carbocycles. The number of carbonyl (C=O) groups is 1. The van der Waals surface area contributed by atoms with Crippen LogP contribution in [0.2, 0.25) is 0 Å². The minimum Gasteiger partial charge on any atom is -0.462 e. The van der Waals surface area contributed by atoms with E-state index < -0.39 is 17.9 Å². The zero-order valence-corrected chi connectivity index (χ0v) is 24.1. The van der Waals surface area contributed by atoms with Crippen LogP contribution in [0.25, 0.3) is 0 Å². The first-order valence-electron chi connectivity index (χ1n) is 15.6. The van der Waals surface area contributed by atoms with Crippen molar-refractivity contribution in [3.63, 3.8) is 0 Å². The van der Waals surface area contributed by atoms with Gasteiger partial charge in [-0.05, 0) is 118 Å². The topological polar surface area (TPSA) is 46.5 Å². The molecule has 3 heteroatoms. The molecule has 0 bridgehead atoms. The average molecular weight is 490 g/mol. The van der Waals surface area contributed by atoms with Crippen molar-refractivity contribution >= 4 is 5.97 Å². The van der Waals surface area contributed by atoms with E-state index in [1.807, 2.05) is 20.8 Å². The van der Waals surface area contributed by atoms with Crippen LogP contribution in [0.5, 0.6) is 0 Å². The van der Waals surface area contributed by atoms with E-state index in [1.54, 1.807) is 0 Å². The number of aliphatic hydroxyl groups excluding tert-OH is 1. The number of ether oxygens (including phenoxy) is 1. The zero-order chi connectivity index (χ0) is 26.6. The molecule has 0 aromatic heterocycles. The van der Waals surface area contributed by atoms with Gasteiger partial charge in [-0.3, -0.25) is 4.79 Å². The van der Waals surface area contributed by atoms with Gasteiger partial charge in [0.1, 0.15) is 6.10 Å². The Morgan fingerprint density at radius 3 is 2.34 bits per heavy atom. The normalized spacial score (nSPS) is 46.9. The molecule has 202 valence electrons. The molecule has 0 radical (unpaired) electrons. The third-order valence-corrected chi connectivity index (χ3v) is 11.5. The van der Waals surface area contributed by atoms with Crippen LogP contribution >= 0.6 is 0 Å². The highest BCUT2D eigenvalue weighted by atomic mass is 16.5. The largest absolute Gasteiger partial charge is 0.462 e. The second-order valence-electron chi connectivity index (χ2n) is 15.2. The molecule has 0 amide bonds. The average Bonchev–Trinajstić information content (AvgIpc) is 3.12. The van der Waals surface area contributed by atoms with E-state index in [0.717, 1.165) is 30.6 Å². The molecule has 0 saturated heterocycles. The Hall–Kier alpha value is -0.570. The molecule has 4 fully saturated rings. The molecule has 0 aromatic carbocycles. The lowest BCUT2D eigenvalue weighted by atomic mass is 9.43. The Labute approximate surface area is 218 Å². The molecular formula is C32H56O3. The fraction of sp³-hybridized carbons (Fsp3) is 0.969. The van der Waals surface area contributed by atoms with Gasteiger partial charge in [-0.25, -0.2) is 0 Å². The molecule has 0 aliphatic heterocycles. The van der Waals surface area contributed by atoms with Gasteiger partial charge in [0.05, 0.1) is 11.5 Å². The minimum absolute atomic E-state index is 0.0281. The Kier molecular flexibility index (Phi) is 7.41. The van der Waals surface area contributed by atoms with Crippen molar-refractivity contribution in [2.45, 2.75) is 138 Å². The van der Waals surface area contributed by atoms with Gasteiger partial charge in [-0.2, -0.15) is 0 Å². The van der Waals surface area contributed by atoms with Crippen LogP contribution in [-0.4, -0.2) is 23.3 Å². The summed E-state index contributed by atoms with van der Waals surface area (Å²) in [6, 6.07) is 0. The third-order valence-electron chi connectivity index (χ3n) is 11.5. The summed E-state index contributed by atoms with van der Waals surface area (Å²) in [5, 5.41) is 10.7. The summed E-state index contributed by atoms with van der Waals surface area (Å²) in [4.78, 5) is 13.1. The smallest absolute Gasteiger partial charge is 0.311 e. The highest BCUT2D eigenvalue weighted by molar-refractivity contribution is 5.75. The monoisotopic (exact) mass is 489 g/mol. The summed E-state index contributed by atoms with van der Waals surface area (Å²) in [6.07, 6.45) is 10.4. The van der Waals surface area contributed by atoms with Gasteiger partial charge in [0.25, 0.3) is 0 Å². The van der Waals surface area contributed by atoms with Gasteiger partial charge in [-0.1, -0.05) is 53.9 Å². The van der Waals surface area contributed by atoms with E-state index >= 15 is 0 Å². The Balaban J connectivity index is 1.59. The van der Waals surface area contributed by atoms with Crippen LogP contribution in [0, 0.1) is 57.7 Å². The summed E-state index contributed by atoms with van der Waals surface area (Å²) in [7, 11) is 0. The predicted molar refractivity (Wildman–Crippen MR) is 144 cm³/mol. The molecule has 1 N–H and O–H groups in total. The summed E-state index contributed by atoms with van der Waals surface area (Å²) >= 11 is 0. The molecule has 0 aromatic rings. The molecule has 35 heavy (non-hydrogen) atoms. The molecular weight excluding hydrogens is 432 g/mol. The first kappa shape index (κ1) is 26.1. The number of hydrogen-bond donors (Lipinski definition) is 1. The lowest BCUT2D eigenvalue weighted by Gasteiger charge is -2.62. The minimum atomic E-state index is -0.605. The van der Waals surface area contributed by atoms with E-state index in [0.29, 0.717) is 29.6 Å². The van der Waals surface area contributed by atoms with Crippen molar-refractivity contribution in [1.82, 2.24) is 0 Å². The number of esters is 1. The highest BCUT2D eigenvalue weighted by Crippen LogP contribution is 2.68. The van der Waals surface area contributed by atoms with Crippen molar-refractivity contribution in [2.75, 3.05) is 0 Å². The Bertz CT molecular complexity index is 789. The molecule has 0 unspecified atom stereocenters. The van der Waals surface area contributed by atoms with E-state index in [-0.39, 0.29) is 23.4 Å². The van der Waals surface area contributed by atoms with E-state index in [2.05, 4.69) is 34.6 Å². The van der Waals surface area contributed by atoms with Crippen LogP contribution in [0.3, 0.4) is 0 Å². The van der Waals surface area contributed by atoms with Crippen LogP contribution in [0.4, 0.5) is 0 Å². The fourth-order valence-corrected chi connectivity index (χ4v) is 9.51. The summed E-state index contributed by atoms with van der Waals surface area (Å²) in [5.74, 6) is 4.26. The van der Waals surface area contributed by atoms with Crippen molar-refractivity contribution in [1.29, 1.82) is 0 Å². The maximum atomic E-state index is 13.1. The standard InChI is InChI=1S/C32H56O3/c1-20(2)10-9-11-21(3)24-12-13-25-23-19-28(35-29(34)30(4,5)6)27-18-22(33)14-16-32(27,8)26(23)15-17-31(24,25)7/h20-28,33H,9-19H2,1-8H3/t21-,22+,23+,24-,25+,26+,27-,28-,31-,32-/m1/s1/i14D/t14-,21-,22+,23+,24-,25+,26+,27-,28-,31-,32-. The van der Waals surface area contributed by atoms with E-state index in [1.165, 1.54) is 44.9 Å². The van der Waals surface area contributed by atoms with Crippen molar-refractivity contribution < 1.29 is 16.0 Å². The van der Waals surface area contributed by atoms with E-state index in [9.17, 15) is 9.90 Å². The van der Waals surface area contributed by atoms with Gasteiger partial charge in [0, 0.05) is 7.29 Å². The Morgan fingerprint density at radius 1 is 1.00 bits per heavy atom. The summed E-state index contributed by atoms with van der Waals surface area (Å²) in [5.41, 5.74) is -0.169. The maximum absolute atomic E-state index is 13.1. The predicted octanol–water partition coefficient (Wildman–Crippen LogP) is 8.04. The van der Waals surface area contributed by atoms with Crippen LogP contribution in [0.15, 0.2) is 0 Å². The summed E-state index contributed by atoms with van der Waals surface area (Å²) < 4.78 is 15.0. The second-order valence-corrected chi connectivity index (χ2v) is 15.2. The quantitative estimate of drug-likeness (QED) is 0.384. The molecule has 4 aliphatic carbocycles. The first-order chi connectivity index (χ1) is 16.7. The lowest BCUT2D eigenvalue weighted by molar-refractivity contribution is -0.199. The lowest BCUT2D eigenvalue weighted by Crippen LogP contribution is -2.59. The Morgan fingerprint density at radius 2 is 1.69 bits per heavy atom. The van der Waals surface area contributed by atoms with Crippen LogP contribution < -0.4 is 0 Å². The van der Waals surface area contributed by atoms with Gasteiger partial charge in [-0.15, -0.1) is 0 Å². The van der Waals surface area contributed by atoms with Crippen LogP contribution in [-0.2, 0) is 9.53 Å². The van der Waals surface area contributed by atoms with Gasteiger partial charge in [0.15, 0.2) is 0 Å². The van der Waals surface area contributed by atoms with Crippen LogP contribution in [0.1, 0.15) is 127 Å². The van der Waals surface area contributed by atoms with Gasteiger partial charge >= 0.3 is 5.97 Å². The number of carbonyl (C=O) groups excluding carboxylic acids is 1. The second kappa shape index (κ2) is 9.95. The molecule has 3 nitrogen and oxygen atoms in total. The summed E-state index contributed by atoms with van der Waals surface area (Å²) in [6.45, 7) is 18.0. The van der Waals surface area contributed by atoms with Gasteiger partial charge < -0.3 is 9.84 Å². The number of hydrogen-bond acceptors (Lipinski definition) is 3. The molecule has 11 atom stereocenters. The van der Waals surface area contributed by atoms with Crippen molar-refractivity contribution in [2.24, 2.45) is 57.7 Å². The number of aliphatic hydroxyl groups is 1. The fourth-order valence-electron chi connectivity index (χ4n) is 9.51. The van der Waals surface area contributed by atoms with Gasteiger partial charge in [0.2, 0.25) is 0 Å². The van der Waals surface area contributed by atoms with Crippen molar-refractivity contribution in [3.05, 3.63) is 0 Å². The molecule has 4 aliphatic rings. The molecule has 4 rings (SSSR count). The first-order valence-corrected chi connectivity index (χ1v) is 15.0. The third kappa shape index (κ3) is 5.10. The SMILES string of the molecule is [2H][C@@H]1C[C@@]2(C)[C@H](C[C@H]1O)[C@H](OC(=O)C(C)(C)C)C[C@@H]1[C@@H]2CC[C@]2(C)[C@@H]([C@H](C)CCCC(C)C)CC[C@@H]12. The van der Waals surface area contributed by atoms with Crippen molar-refractivity contribution in [3.8, 4) is 0 Å². The highest BCUT2D eigenvalue weighted by Gasteiger charge is 2.63. The number of rotatable bonds is 6.